The maximum Gasteiger partial charge on any atom is 0.315 e. The molecule has 0 heterocycles. The third kappa shape index (κ3) is 5.45. The van der Waals surface area contributed by atoms with Crippen molar-refractivity contribution in [1.82, 2.24) is 10.6 Å². The van der Waals surface area contributed by atoms with E-state index in [0.29, 0.717) is 16.6 Å². The Kier molecular flexibility index (Phi) is 5.91. The van der Waals surface area contributed by atoms with Gasteiger partial charge in [-0.2, -0.15) is 0 Å². The molecule has 0 aliphatic carbocycles. The summed E-state index contributed by atoms with van der Waals surface area (Å²) in [6.45, 7) is 4.47. The van der Waals surface area contributed by atoms with E-state index in [1.54, 1.807) is 0 Å². The lowest BCUT2D eigenvalue weighted by molar-refractivity contribution is 0.230. The molecule has 0 saturated carbocycles. The van der Waals surface area contributed by atoms with Gasteiger partial charge in [0.05, 0.1) is 5.54 Å². The van der Waals surface area contributed by atoms with Crippen LogP contribution in [0, 0.1) is 0 Å². The van der Waals surface area contributed by atoms with Gasteiger partial charge < -0.3 is 10.6 Å². The molecule has 2 amide bonds. The van der Waals surface area contributed by atoms with Crippen LogP contribution in [0.25, 0.3) is 0 Å². The van der Waals surface area contributed by atoms with Gasteiger partial charge in [0.25, 0.3) is 0 Å². The third-order valence-corrected chi connectivity index (χ3v) is 4.11. The average molecular weight is 351 g/mol. The van der Waals surface area contributed by atoms with E-state index in [0.717, 1.165) is 17.5 Å². The second kappa shape index (κ2) is 7.71. The van der Waals surface area contributed by atoms with Crippen LogP contribution in [0.3, 0.4) is 0 Å². The Bertz CT molecular complexity index is 652. The lowest BCUT2D eigenvalue weighted by atomic mass is 9.94. The fraction of sp³-hybridized carbons (Fsp3) is 0.278. The predicted molar refractivity (Wildman–Crippen MR) is 96.2 cm³/mol. The van der Waals surface area contributed by atoms with Crippen LogP contribution < -0.4 is 10.6 Å². The van der Waals surface area contributed by atoms with Gasteiger partial charge in [0.15, 0.2) is 0 Å². The van der Waals surface area contributed by atoms with Gasteiger partial charge in [-0.3, -0.25) is 0 Å². The summed E-state index contributed by atoms with van der Waals surface area (Å²) in [7, 11) is 0. The highest BCUT2D eigenvalue weighted by Gasteiger charge is 2.22. The second-order valence-electron chi connectivity index (χ2n) is 5.89. The minimum atomic E-state index is -0.477. The number of hydrogen-bond acceptors (Lipinski definition) is 1. The molecule has 5 heteroatoms. The zero-order valence-electron chi connectivity index (χ0n) is 13.2. The van der Waals surface area contributed by atoms with Gasteiger partial charge in [0.1, 0.15) is 0 Å². The van der Waals surface area contributed by atoms with E-state index in [-0.39, 0.29) is 6.03 Å². The van der Waals surface area contributed by atoms with Gasteiger partial charge in [0, 0.05) is 16.6 Å². The molecule has 0 spiro atoms. The number of amides is 2. The maximum atomic E-state index is 12.1. The average Bonchev–Trinajstić information content (AvgIpc) is 2.49. The molecule has 2 N–H and O–H groups in total. The molecule has 2 rings (SSSR count). The number of urea groups is 1. The Hall–Kier alpha value is -1.71. The smallest absolute Gasteiger partial charge is 0.315 e. The summed E-state index contributed by atoms with van der Waals surface area (Å²) >= 11 is 11.7. The van der Waals surface area contributed by atoms with Crippen molar-refractivity contribution in [3.63, 3.8) is 0 Å². The molecule has 2 aromatic rings. The monoisotopic (exact) mass is 350 g/mol. The van der Waals surface area contributed by atoms with Crippen LogP contribution >= 0.6 is 23.2 Å². The lowest BCUT2D eigenvalue weighted by Crippen LogP contribution is -2.46. The molecule has 0 radical (unpaired) electrons. The Morgan fingerprint density at radius 2 is 1.48 bits per heavy atom. The summed E-state index contributed by atoms with van der Waals surface area (Å²) < 4.78 is 0. The molecular formula is C18H20Cl2N2O. The van der Waals surface area contributed by atoms with E-state index >= 15 is 0 Å². The Morgan fingerprint density at radius 1 is 0.957 bits per heavy atom. The van der Waals surface area contributed by atoms with Crippen molar-refractivity contribution < 1.29 is 4.79 Å². The number of halogens is 2. The number of carbonyl (C=O) groups excluding carboxylic acids is 1. The third-order valence-electron chi connectivity index (χ3n) is 3.60. The maximum absolute atomic E-state index is 12.1. The molecule has 0 bridgehead atoms. The van der Waals surface area contributed by atoms with Crippen LogP contribution in [0.2, 0.25) is 10.0 Å². The highest BCUT2D eigenvalue weighted by atomic mass is 35.5. The topological polar surface area (TPSA) is 41.1 Å². The Balaban J connectivity index is 1.83. The summed E-state index contributed by atoms with van der Waals surface area (Å²) in [5, 5.41) is 7.24. The first-order valence-electron chi connectivity index (χ1n) is 7.43. The minimum Gasteiger partial charge on any atom is -0.338 e. The van der Waals surface area contributed by atoms with Gasteiger partial charge in [-0.05, 0) is 55.7 Å². The van der Waals surface area contributed by atoms with Crippen LogP contribution in [0.15, 0.2) is 48.5 Å². The van der Waals surface area contributed by atoms with Crippen LogP contribution in [0.1, 0.15) is 25.0 Å². The quantitative estimate of drug-likeness (QED) is 0.800. The van der Waals surface area contributed by atoms with Crippen molar-refractivity contribution in [2.75, 3.05) is 6.54 Å². The predicted octanol–water partition coefficient (Wildman–Crippen LogP) is 4.77. The molecular weight excluding hydrogens is 331 g/mol. The largest absolute Gasteiger partial charge is 0.338 e. The molecule has 3 nitrogen and oxygen atoms in total. The number of benzene rings is 2. The first kappa shape index (κ1) is 17.6. The van der Waals surface area contributed by atoms with E-state index in [1.807, 2.05) is 62.4 Å². The molecule has 0 saturated heterocycles. The first-order chi connectivity index (χ1) is 10.9. The van der Waals surface area contributed by atoms with Gasteiger partial charge in [-0.25, -0.2) is 4.79 Å². The lowest BCUT2D eigenvalue weighted by Gasteiger charge is -2.27. The van der Waals surface area contributed by atoms with Crippen LogP contribution in [-0.2, 0) is 12.0 Å². The summed E-state index contributed by atoms with van der Waals surface area (Å²) in [5.74, 6) is 0. The van der Waals surface area contributed by atoms with Crippen LogP contribution in [-0.4, -0.2) is 12.6 Å². The van der Waals surface area contributed by atoms with Gasteiger partial charge >= 0.3 is 6.03 Å². The number of hydrogen-bond donors (Lipinski definition) is 2. The van der Waals surface area contributed by atoms with Gasteiger partial charge in [-0.15, -0.1) is 0 Å². The Labute approximate surface area is 147 Å². The van der Waals surface area contributed by atoms with Crippen molar-refractivity contribution in [3.8, 4) is 0 Å². The normalized spacial score (nSPS) is 11.1. The molecule has 0 atom stereocenters. The fourth-order valence-electron chi connectivity index (χ4n) is 2.24. The zero-order valence-corrected chi connectivity index (χ0v) is 14.7. The van der Waals surface area contributed by atoms with E-state index < -0.39 is 5.54 Å². The summed E-state index contributed by atoms with van der Waals surface area (Å²) in [6, 6.07) is 14.9. The van der Waals surface area contributed by atoms with Crippen molar-refractivity contribution >= 4 is 29.2 Å². The number of rotatable bonds is 5. The molecule has 23 heavy (non-hydrogen) atoms. The van der Waals surface area contributed by atoms with Crippen molar-refractivity contribution in [2.45, 2.75) is 25.8 Å². The molecule has 2 aromatic carbocycles. The standard InChI is InChI=1S/C18H20Cl2N2O/c1-18(2,14-5-9-16(20)10-6-14)22-17(23)21-12-11-13-3-7-15(19)8-4-13/h3-10H,11-12H2,1-2H3,(H2,21,22,23). The molecule has 0 unspecified atom stereocenters. The summed E-state index contributed by atoms with van der Waals surface area (Å²) in [5.41, 5.74) is 1.65. The number of carbonyl (C=O) groups is 1. The van der Waals surface area contributed by atoms with E-state index in [1.165, 1.54) is 0 Å². The molecule has 0 aromatic heterocycles. The zero-order chi connectivity index (χ0) is 16.9. The van der Waals surface area contributed by atoms with Gasteiger partial charge in [-0.1, -0.05) is 47.5 Å². The van der Waals surface area contributed by atoms with E-state index in [9.17, 15) is 4.79 Å². The van der Waals surface area contributed by atoms with E-state index in [2.05, 4.69) is 10.6 Å². The number of nitrogens with one attached hydrogen (secondary N) is 2. The highest BCUT2D eigenvalue weighted by Crippen LogP contribution is 2.21. The molecule has 0 aliphatic heterocycles. The van der Waals surface area contributed by atoms with Crippen LogP contribution in [0.5, 0.6) is 0 Å². The molecule has 0 aliphatic rings. The molecule has 0 fully saturated rings. The second-order valence-corrected chi connectivity index (χ2v) is 6.76. The van der Waals surface area contributed by atoms with Crippen molar-refractivity contribution in [2.24, 2.45) is 0 Å². The van der Waals surface area contributed by atoms with Gasteiger partial charge in [0.2, 0.25) is 0 Å². The highest BCUT2D eigenvalue weighted by molar-refractivity contribution is 6.30. The van der Waals surface area contributed by atoms with E-state index in [4.69, 9.17) is 23.2 Å². The summed E-state index contributed by atoms with van der Waals surface area (Å²) in [4.78, 5) is 12.1. The fourth-order valence-corrected chi connectivity index (χ4v) is 2.49. The molecule has 122 valence electrons. The SMILES string of the molecule is CC(C)(NC(=O)NCCc1ccc(Cl)cc1)c1ccc(Cl)cc1. The summed E-state index contributed by atoms with van der Waals surface area (Å²) in [6.07, 6.45) is 0.756. The van der Waals surface area contributed by atoms with Crippen molar-refractivity contribution in [1.29, 1.82) is 0 Å². The minimum absolute atomic E-state index is 0.195. The first-order valence-corrected chi connectivity index (χ1v) is 8.19. The Morgan fingerprint density at radius 3 is 2.04 bits per heavy atom. The van der Waals surface area contributed by atoms with Crippen LogP contribution in [0.4, 0.5) is 4.79 Å². The van der Waals surface area contributed by atoms with Crippen molar-refractivity contribution in [3.05, 3.63) is 69.7 Å².